The molecule has 0 aromatic heterocycles. The summed E-state index contributed by atoms with van der Waals surface area (Å²) in [5.74, 6) is 0.990. The molecule has 0 atom stereocenters. The lowest BCUT2D eigenvalue weighted by Crippen LogP contribution is -2.25. The number of carbonyl (C=O) groups is 3. The Bertz CT molecular complexity index is 867. The van der Waals surface area contributed by atoms with Crippen LogP contribution in [-0.2, 0) is 9.59 Å². The van der Waals surface area contributed by atoms with Crippen molar-refractivity contribution < 1.29 is 23.9 Å². The molecule has 2 aromatic rings. The fraction of sp³-hybridized carbons (Fsp3) is 0.211. The van der Waals surface area contributed by atoms with Crippen molar-refractivity contribution in [1.82, 2.24) is 0 Å². The zero-order chi connectivity index (χ0) is 19.2. The van der Waals surface area contributed by atoms with Crippen LogP contribution in [0.3, 0.4) is 0 Å². The molecular weight excluding hydrogens is 368 g/mol. The van der Waals surface area contributed by atoms with Gasteiger partial charge in [-0.05, 0) is 42.5 Å². The molecule has 1 aliphatic rings. The smallest absolute Gasteiger partial charge is 0.262 e. The second-order valence-corrected chi connectivity index (χ2v) is 6.73. The van der Waals surface area contributed by atoms with E-state index in [2.05, 4.69) is 10.6 Å². The quantitative estimate of drug-likeness (QED) is 0.711. The summed E-state index contributed by atoms with van der Waals surface area (Å²) in [4.78, 5) is 35.6. The standard InChI is InChI=1S/C19H18N2O5S/c1-25-14-5-3-13(4-6-14)20-19(24)11-27-10-16(22)12-2-7-17-15(8-12)21-18(23)9-26-17/h2-8H,9-11H2,1H3,(H,20,24)(H,21,23). The molecule has 0 spiro atoms. The molecule has 0 bridgehead atoms. The van der Waals surface area contributed by atoms with E-state index in [4.69, 9.17) is 9.47 Å². The molecule has 0 saturated carbocycles. The van der Waals surface area contributed by atoms with Crippen LogP contribution in [0.2, 0.25) is 0 Å². The maximum absolute atomic E-state index is 12.3. The molecule has 0 aliphatic carbocycles. The van der Waals surface area contributed by atoms with Crippen molar-refractivity contribution in [2.24, 2.45) is 0 Å². The van der Waals surface area contributed by atoms with Crippen LogP contribution in [0.4, 0.5) is 11.4 Å². The Hall–Kier alpha value is -3.00. The summed E-state index contributed by atoms with van der Waals surface area (Å²) in [6.07, 6.45) is 0. The first-order valence-corrected chi connectivity index (χ1v) is 9.32. The van der Waals surface area contributed by atoms with Crippen LogP contribution < -0.4 is 20.1 Å². The van der Waals surface area contributed by atoms with Gasteiger partial charge in [-0.25, -0.2) is 0 Å². The third kappa shape index (κ3) is 5.01. The Morgan fingerprint density at radius 3 is 2.70 bits per heavy atom. The zero-order valence-corrected chi connectivity index (χ0v) is 15.4. The first-order valence-electron chi connectivity index (χ1n) is 8.16. The van der Waals surface area contributed by atoms with E-state index >= 15 is 0 Å². The van der Waals surface area contributed by atoms with E-state index in [1.54, 1.807) is 49.6 Å². The molecule has 1 aliphatic heterocycles. The Morgan fingerprint density at radius 1 is 1.19 bits per heavy atom. The molecule has 3 rings (SSSR count). The number of Topliss-reactive ketones (excluding diaryl/α,β-unsaturated/α-hetero) is 1. The van der Waals surface area contributed by atoms with Gasteiger partial charge in [-0.15, -0.1) is 11.8 Å². The number of hydrogen-bond acceptors (Lipinski definition) is 6. The van der Waals surface area contributed by atoms with Crippen molar-refractivity contribution in [2.45, 2.75) is 0 Å². The highest BCUT2D eigenvalue weighted by Crippen LogP contribution is 2.28. The molecule has 0 radical (unpaired) electrons. The number of benzene rings is 2. The Labute approximate surface area is 160 Å². The molecule has 27 heavy (non-hydrogen) atoms. The fourth-order valence-electron chi connectivity index (χ4n) is 2.45. The maximum Gasteiger partial charge on any atom is 0.262 e. The number of hydrogen-bond donors (Lipinski definition) is 2. The van der Waals surface area contributed by atoms with Gasteiger partial charge in [0.2, 0.25) is 5.91 Å². The van der Waals surface area contributed by atoms with Gasteiger partial charge in [0.15, 0.2) is 12.4 Å². The highest BCUT2D eigenvalue weighted by Gasteiger charge is 2.18. The van der Waals surface area contributed by atoms with Gasteiger partial charge in [0.05, 0.1) is 24.3 Å². The first-order chi connectivity index (χ1) is 13.0. The van der Waals surface area contributed by atoms with Crippen molar-refractivity contribution in [3.8, 4) is 11.5 Å². The number of fused-ring (bicyclic) bond motifs is 1. The van der Waals surface area contributed by atoms with Gasteiger partial charge in [0, 0.05) is 11.3 Å². The van der Waals surface area contributed by atoms with Crippen LogP contribution in [0.25, 0.3) is 0 Å². The van der Waals surface area contributed by atoms with E-state index in [0.717, 1.165) is 0 Å². The molecule has 0 unspecified atom stereocenters. The second-order valence-electron chi connectivity index (χ2n) is 5.74. The number of rotatable bonds is 7. The van der Waals surface area contributed by atoms with Crippen LogP contribution in [0.15, 0.2) is 42.5 Å². The van der Waals surface area contributed by atoms with Crippen molar-refractivity contribution in [3.63, 3.8) is 0 Å². The number of anilines is 2. The van der Waals surface area contributed by atoms with Crippen LogP contribution in [-0.4, -0.2) is 42.8 Å². The number of methoxy groups -OCH3 is 1. The average Bonchev–Trinajstić information content (AvgIpc) is 2.67. The van der Waals surface area contributed by atoms with Gasteiger partial charge in [-0.3, -0.25) is 14.4 Å². The summed E-state index contributed by atoms with van der Waals surface area (Å²) in [6, 6.07) is 11.9. The monoisotopic (exact) mass is 386 g/mol. The van der Waals surface area contributed by atoms with Crippen molar-refractivity contribution in [2.75, 3.05) is 35.9 Å². The Balaban J connectivity index is 1.48. The van der Waals surface area contributed by atoms with E-state index in [9.17, 15) is 14.4 Å². The van der Waals surface area contributed by atoms with E-state index in [0.29, 0.717) is 28.4 Å². The summed E-state index contributed by atoms with van der Waals surface area (Å²) in [5, 5.41) is 5.43. The van der Waals surface area contributed by atoms with Crippen molar-refractivity contribution in [1.29, 1.82) is 0 Å². The van der Waals surface area contributed by atoms with Gasteiger partial charge in [-0.1, -0.05) is 0 Å². The molecule has 2 N–H and O–H groups in total. The Morgan fingerprint density at radius 2 is 1.96 bits per heavy atom. The van der Waals surface area contributed by atoms with E-state index in [-0.39, 0.29) is 35.7 Å². The number of amides is 2. The van der Waals surface area contributed by atoms with Gasteiger partial charge in [-0.2, -0.15) is 0 Å². The van der Waals surface area contributed by atoms with Crippen LogP contribution in [0.1, 0.15) is 10.4 Å². The van der Waals surface area contributed by atoms with Crippen LogP contribution in [0, 0.1) is 0 Å². The zero-order valence-electron chi connectivity index (χ0n) is 14.6. The summed E-state index contributed by atoms with van der Waals surface area (Å²) in [6.45, 7) is -0.0283. The minimum absolute atomic E-state index is 0.0283. The molecule has 0 saturated heterocycles. The fourth-order valence-corrected chi connectivity index (χ4v) is 3.16. The van der Waals surface area contributed by atoms with Gasteiger partial charge in [0.1, 0.15) is 11.5 Å². The first kappa shape index (κ1) is 18.8. The molecule has 2 amide bonds. The van der Waals surface area contributed by atoms with E-state index in [1.807, 2.05) is 0 Å². The lowest BCUT2D eigenvalue weighted by atomic mass is 10.1. The van der Waals surface area contributed by atoms with Crippen LogP contribution >= 0.6 is 11.8 Å². The lowest BCUT2D eigenvalue weighted by Gasteiger charge is -2.18. The average molecular weight is 386 g/mol. The van der Waals surface area contributed by atoms with E-state index in [1.165, 1.54) is 11.8 Å². The minimum atomic E-state index is -0.253. The van der Waals surface area contributed by atoms with Gasteiger partial charge < -0.3 is 20.1 Å². The molecule has 1 heterocycles. The van der Waals surface area contributed by atoms with Crippen molar-refractivity contribution in [3.05, 3.63) is 48.0 Å². The second kappa shape index (κ2) is 8.59. The highest BCUT2D eigenvalue weighted by molar-refractivity contribution is 8.00. The minimum Gasteiger partial charge on any atom is -0.497 e. The maximum atomic E-state index is 12.3. The predicted molar refractivity (Wildman–Crippen MR) is 104 cm³/mol. The molecule has 2 aromatic carbocycles. The SMILES string of the molecule is COc1ccc(NC(=O)CSCC(=O)c2ccc3c(c2)NC(=O)CO3)cc1. The number of ketones is 1. The molecule has 0 fully saturated rings. The molecule has 140 valence electrons. The highest BCUT2D eigenvalue weighted by atomic mass is 32.2. The summed E-state index contributed by atoms with van der Waals surface area (Å²) >= 11 is 1.22. The largest absolute Gasteiger partial charge is 0.497 e. The lowest BCUT2D eigenvalue weighted by molar-refractivity contribution is -0.118. The summed E-state index contributed by atoms with van der Waals surface area (Å²) in [5.41, 5.74) is 1.61. The van der Waals surface area contributed by atoms with Crippen molar-refractivity contribution >= 4 is 40.7 Å². The third-order valence-electron chi connectivity index (χ3n) is 3.77. The normalized spacial score (nSPS) is 12.4. The molecule has 7 nitrogen and oxygen atoms in total. The Kier molecular flexibility index (Phi) is 5.97. The molecular formula is C19H18N2O5S. The third-order valence-corrected chi connectivity index (χ3v) is 4.71. The predicted octanol–water partition coefficient (Wildman–Crippen LogP) is 2.58. The molecule has 8 heteroatoms. The topological polar surface area (TPSA) is 93.7 Å². The van der Waals surface area contributed by atoms with Gasteiger partial charge in [0.25, 0.3) is 5.91 Å². The van der Waals surface area contributed by atoms with Gasteiger partial charge >= 0.3 is 0 Å². The van der Waals surface area contributed by atoms with Crippen LogP contribution in [0.5, 0.6) is 11.5 Å². The number of nitrogens with one attached hydrogen (secondary N) is 2. The van der Waals surface area contributed by atoms with E-state index < -0.39 is 0 Å². The number of thioether (sulfide) groups is 1. The number of ether oxygens (including phenoxy) is 2. The summed E-state index contributed by atoms with van der Waals surface area (Å²) < 4.78 is 10.3. The number of carbonyl (C=O) groups excluding carboxylic acids is 3. The summed E-state index contributed by atoms with van der Waals surface area (Å²) in [7, 11) is 1.57.